The fourth-order valence-corrected chi connectivity index (χ4v) is 3.24. The van der Waals surface area contributed by atoms with Crippen LogP contribution in [0, 0.1) is 0 Å². The van der Waals surface area contributed by atoms with E-state index in [0.29, 0.717) is 6.79 Å². The normalized spacial score (nSPS) is 17.5. The van der Waals surface area contributed by atoms with E-state index in [1.54, 1.807) is 0 Å². The summed E-state index contributed by atoms with van der Waals surface area (Å²) in [7, 11) is 0. The molecule has 23 heavy (non-hydrogen) atoms. The Kier molecular flexibility index (Phi) is 4.02. The Morgan fingerprint density at radius 2 is 1.61 bits per heavy atom. The second-order valence-electron chi connectivity index (χ2n) is 5.93. The van der Waals surface area contributed by atoms with Crippen LogP contribution < -0.4 is 14.4 Å². The third kappa shape index (κ3) is 3.23. The van der Waals surface area contributed by atoms with Gasteiger partial charge in [0.2, 0.25) is 6.79 Å². The van der Waals surface area contributed by atoms with E-state index < -0.39 is 0 Å². The number of fused-ring (bicyclic) bond motifs is 1. The second kappa shape index (κ2) is 6.30. The highest BCUT2D eigenvalue weighted by molar-refractivity contribution is 6.30. The summed E-state index contributed by atoms with van der Waals surface area (Å²) < 4.78 is 10.8. The summed E-state index contributed by atoms with van der Waals surface area (Å²) in [5.74, 6) is 1.71. The van der Waals surface area contributed by atoms with Gasteiger partial charge in [0, 0.05) is 43.4 Å². The minimum atomic E-state index is 0.332. The van der Waals surface area contributed by atoms with Crippen LogP contribution >= 0.6 is 11.6 Å². The highest BCUT2D eigenvalue weighted by atomic mass is 35.5. The standard InChI is InChI=1S/C18H19ClN2O2/c19-15-2-4-16(5-3-15)21-9-7-20(8-10-21)12-14-1-6-17-18(11-14)23-13-22-17/h1-6,11H,7-10,12-13H2. The quantitative estimate of drug-likeness (QED) is 0.861. The van der Waals surface area contributed by atoms with Crippen LogP contribution in [-0.2, 0) is 6.54 Å². The molecular weight excluding hydrogens is 312 g/mol. The highest BCUT2D eigenvalue weighted by Crippen LogP contribution is 2.33. The van der Waals surface area contributed by atoms with Crippen molar-refractivity contribution >= 4 is 17.3 Å². The highest BCUT2D eigenvalue weighted by Gasteiger charge is 2.19. The maximum atomic E-state index is 5.96. The van der Waals surface area contributed by atoms with E-state index in [9.17, 15) is 0 Å². The molecule has 0 unspecified atom stereocenters. The van der Waals surface area contributed by atoms with E-state index >= 15 is 0 Å². The van der Waals surface area contributed by atoms with Gasteiger partial charge in [-0.3, -0.25) is 4.90 Å². The smallest absolute Gasteiger partial charge is 0.231 e. The average Bonchev–Trinajstić information content (AvgIpc) is 3.04. The first kappa shape index (κ1) is 14.7. The Hall–Kier alpha value is -1.91. The van der Waals surface area contributed by atoms with Crippen molar-refractivity contribution in [3.63, 3.8) is 0 Å². The van der Waals surface area contributed by atoms with E-state index in [1.807, 2.05) is 18.2 Å². The summed E-state index contributed by atoms with van der Waals surface area (Å²) in [6, 6.07) is 14.3. The van der Waals surface area contributed by atoms with Gasteiger partial charge < -0.3 is 14.4 Å². The van der Waals surface area contributed by atoms with Crippen molar-refractivity contribution in [3.8, 4) is 11.5 Å². The number of piperazine rings is 1. The topological polar surface area (TPSA) is 24.9 Å². The second-order valence-corrected chi connectivity index (χ2v) is 6.36. The first-order valence-corrected chi connectivity index (χ1v) is 8.27. The van der Waals surface area contributed by atoms with Crippen LogP contribution in [0.25, 0.3) is 0 Å². The van der Waals surface area contributed by atoms with Crippen LogP contribution in [0.15, 0.2) is 42.5 Å². The molecule has 2 heterocycles. The average molecular weight is 331 g/mol. The lowest BCUT2D eigenvalue weighted by Gasteiger charge is -2.36. The molecule has 0 atom stereocenters. The third-order valence-electron chi connectivity index (χ3n) is 4.41. The first-order chi connectivity index (χ1) is 11.3. The van der Waals surface area contributed by atoms with Crippen LogP contribution in [-0.4, -0.2) is 37.9 Å². The molecule has 2 aliphatic heterocycles. The Bertz CT molecular complexity index is 682. The molecule has 0 radical (unpaired) electrons. The van der Waals surface area contributed by atoms with Crippen molar-refractivity contribution < 1.29 is 9.47 Å². The maximum absolute atomic E-state index is 5.96. The number of hydrogen-bond acceptors (Lipinski definition) is 4. The maximum Gasteiger partial charge on any atom is 0.231 e. The van der Waals surface area contributed by atoms with Gasteiger partial charge in [-0.15, -0.1) is 0 Å². The van der Waals surface area contributed by atoms with E-state index in [4.69, 9.17) is 21.1 Å². The van der Waals surface area contributed by atoms with Gasteiger partial charge in [-0.1, -0.05) is 17.7 Å². The van der Waals surface area contributed by atoms with Crippen molar-refractivity contribution in [2.24, 2.45) is 0 Å². The predicted molar refractivity (Wildman–Crippen MR) is 91.5 cm³/mol. The van der Waals surface area contributed by atoms with Crippen LogP contribution in [0.4, 0.5) is 5.69 Å². The number of benzene rings is 2. The molecule has 0 amide bonds. The first-order valence-electron chi connectivity index (χ1n) is 7.89. The minimum Gasteiger partial charge on any atom is -0.454 e. The van der Waals surface area contributed by atoms with Gasteiger partial charge in [0.25, 0.3) is 0 Å². The van der Waals surface area contributed by atoms with Gasteiger partial charge in [-0.25, -0.2) is 0 Å². The lowest BCUT2D eigenvalue weighted by atomic mass is 10.1. The molecule has 2 aliphatic rings. The van der Waals surface area contributed by atoms with Gasteiger partial charge in [-0.05, 0) is 42.0 Å². The fraction of sp³-hybridized carbons (Fsp3) is 0.333. The zero-order valence-electron chi connectivity index (χ0n) is 12.9. The SMILES string of the molecule is Clc1ccc(N2CCN(Cc3ccc4c(c3)OCO4)CC2)cc1. The molecule has 120 valence electrons. The summed E-state index contributed by atoms with van der Waals surface area (Å²) in [5.41, 5.74) is 2.52. The number of ether oxygens (including phenoxy) is 2. The van der Waals surface area contributed by atoms with Crippen molar-refractivity contribution in [2.75, 3.05) is 37.9 Å². The van der Waals surface area contributed by atoms with E-state index in [-0.39, 0.29) is 0 Å². The number of nitrogens with zero attached hydrogens (tertiary/aromatic N) is 2. The molecule has 2 aromatic rings. The largest absolute Gasteiger partial charge is 0.454 e. The Balaban J connectivity index is 1.35. The molecule has 1 fully saturated rings. The lowest BCUT2D eigenvalue weighted by Crippen LogP contribution is -2.45. The molecule has 0 saturated carbocycles. The van der Waals surface area contributed by atoms with Crippen molar-refractivity contribution in [3.05, 3.63) is 53.1 Å². The zero-order chi connectivity index (χ0) is 15.6. The number of rotatable bonds is 3. The predicted octanol–water partition coefficient (Wildman–Crippen LogP) is 3.39. The number of anilines is 1. The van der Waals surface area contributed by atoms with Gasteiger partial charge in [-0.2, -0.15) is 0 Å². The van der Waals surface area contributed by atoms with Crippen LogP contribution in [0.5, 0.6) is 11.5 Å². The molecule has 0 aliphatic carbocycles. The summed E-state index contributed by atoms with van der Waals surface area (Å²) in [4.78, 5) is 4.89. The van der Waals surface area contributed by atoms with Crippen molar-refractivity contribution in [2.45, 2.75) is 6.54 Å². The molecular formula is C18H19ClN2O2. The summed E-state index contributed by atoms with van der Waals surface area (Å²) in [5, 5.41) is 0.787. The molecule has 0 N–H and O–H groups in total. The van der Waals surface area contributed by atoms with Crippen molar-refractivity contribution in [1.29, 1.82) is 0 Å². The summed E-state index contributed by atoms with van der Waals surface area (Å²) in [6.45, 7) is 5.45. The van der Waals surface area contributed by atoms with E-state index in [0.717, 1.165) is 49.2 Å². The van der Waals surface area contributed by atoms with Crippen LogP contribution in [0.2, 0.25) is 5.02 Å². The van der Waals surface area contributed by atoms with Gasteiger partial charge >= 0.3 is 0 Å². The molecule has 5 heteroatoms. The summed E-state index contributed by atoms with van der Waals surface area (Å²) >= 11 is 5.96. The number of hydrogen-bond donors (Lipinski definition) is 0. The monoisotopic (exact) mass is 330 g/mol. The molecule has 4 nitrogen and oxygen atoms in total. The molecule has 4 rings (SSSR count). The Morgan fingerprint density at radius 1 is 0.870 bits per heavy atom. The molecule has 0 aromatic heterocycles. The Morgan fingerprint density at radius 3 is 2.39 bits per heavy atom. The zero-order valence-corrected chi connectivity index (χ0v) is 13.6. The molecule has 0 bridgehead atoms. The van der Waals surface area contributed by atoms with Gasteiger partial charge in [0.15, 0.2) is 11.5 Å². The van der Waals surface area contributed by atoms with E-state index in [1.165, 1.54) is 11.3 Å². The minimum absolute atomic E-state index is 0.332. The summed E-state index contributed by atoms with van der Waals surface area (Å²) in [6.07, 6.45) is 0. The third-order valence-corrected chi connectivity index (χ3v) is 4.66. The molecule has 2 aromatic carbocycles. The molecule has 1 saturated heterocycles. The van der Waals surface area contributed by atoms with Gasteiger partial charge in [0.05, 0.1) is 0 Å². The van der Waals surface area contributed by atoms with Crippen LogP contribution in [0.1, 0.15) is 5.56 Å². The van der Waals surface area contributed by atoms with Gasteiger partial charge in [0.1, 0.15) is 0 Å². The van der Waals surface area contributed by atoms with Crippen molar-refractivity contribution in [1.82, 2.24) is 4.90 Å². The van der Waals surface area contributed by atoms with E-state index in [2.05, 4.69) is 34.1 Å². The lowest BCUT2D eigenvalue weighted by molar-refractivity contribution is 0.174. The number of halogens is 1. The molecule has 0 spiro atoms. The fourth-order valence-electron chi connectivity index (χ4n) is 3.11. The Labute approximate surface area is 141 Å². The van der Waals surface area contributed by atoms with Crippen LogP contribution in [0.3, 0.4) is 0 Å².